The molecule has 1 rings (SSSR count). The van der Waals surface area contributed by atoms with Gasteiger partial charge in [-0.3, -0.25) is 0 Å². The van der Waals surface area contributed by atoms with Crippen molar-refractivity contribution in [2.45, 2.75) is 12.4 Å². The van der Waals surface area contributed by atoms with E-state index in [9.17, 15) is 31.1 Å². The lowest BCUT2D eigenvalue weighted by Gasteiger charge is -2.18. The lowest BCUT2D eigenvalue weighted by atomic mass is 10.00. The first-order valence-electron chi connectivity index (χ1n) is 4.16. The lowest BCUT2D eigenvalue weighted by molar-refractivity contribution is -0.162. The van der Waals surface area contributed by atoms with Gasteiger partial charge >= 0.3 is 18.3 Å². The highest BCUT2D eigenvalue weighted by atomic mass is 127. The first-order chi connectivity index (χ1) is 7.94. The minimum Gasteiger partial charge on any atom is -0.478 e. The fourth-order valence-electron chi connectivity index (χ4n) is 1.30. The van der Waals surface area contributed by atoms with Crippen LogP contribution in [0, 0.1) is 3.57 Å². The summed E-state index contributed by atoms with van der Waals surface area (Å²) in [6.45, 7) is 0. The van der Waals surface area contributed by atoms with E-state index < -0.39 is 35.0 Å². The highest BCUT2D eigenvalue weighted by molar-refractivity contribution is 14.1. The van der Waals surface area contributed by atoms with Crippen LogP contribution in [0.25, 0.3) is 0 Å². The Hall–Kier alpha value is -1.00. The van der Waals surface area contributed by atoms with E-state index in [0.29, 0.717) is 6.07 Å². The molecule has 9 heteroatoms. The van der Waals surface area contributed by atoms with E-state index in [1.807, 2.05) is 0 Å². The number of halogens is 7. The minimum absolute atomic E-state index is 0.245. The van der Waals surface area contributed by atoms with Crippen LogP contribution in [0.1, 0.15) is 21.5 Å². The Balaban J connectivity index is 3.76. The molecule has 100 valence electrons. The van der Waals surface area contributed by atoms with Crippen LogP contribution in [-0.4, -0.2) is 11.1 Å². The van der Waals surface area contributed by atoms with Crippen LogP contribution in [0.2, 0.25) is 0 Å². The van der Waals surface area contributed by atoms with Crippen molar-refractivity contribution in [3.05, 3.63) is 32.4 Å². The molecule has 0 saturated heterocycles. The summed E-state index contributed by atoms with van der Waals surface area (Å²) < 4.78 is 75.0. The number of carboxylic acids is 1. The second-order valence-corrected chi connectivity index (χ2v) is 4.42. The Bertz CT molecular complexity index is 491. The van der Waals surface area contributed by atoms with E-state index in [1.165, 1.54) is 22.6 Å². The maximum atomic E-state index is 12.6. The molecule has 0 aromatic heterocycles. The van der Waals surface area contributed by atoms with Gasteiger partial charge in [-0.25, -0.2) is 4.79 Å². The maximum Gasteiger partial charge on any atom is 0.417 e. The molecule has 2 nitrogen and oxygen atoms in total. The van der Waals surface area contributed by atoms with Crippen LogP contribution in [0.15, 0.2) is 12.1 Å². The van der Waals surface area contributed by atoms with Crippen molar-refractivity contribution in [2.75, 3.05) is 0 Å². The average molecular weight is 384 g/mol. The summed E-state index contributed by atoms with van der Waals surface area (Å²) in [6.07, 6.45) is -10.7. The van der Waals surface area contributed by atoms with Crippen LogP contribution >= 0.6 is 22.6 Å². The Morgan fingerprint density at radius 3 is 1.89 bits per heavy atom. The highest BCUT2D eigenvalue weighted by Crippen LogP contribution is 2.42. The average Bonchev–Trinajstić information content (AvgIpc) is 2.12. The molecule has 0 aliphatic heterocycles. The molecule has 0 bridgehead atoms. The van der Waals surface area contributed by atoms with E-state index in [0.717, 1.165) is 0 Å². The zero-order valence-electron chi connectivity index (χ0n) is 8.16. The van der Waals surface area contributed by atoms with Crippen LogP contribution in [-0.2, 0) is 12.4 Å². The number of carboxylic acid groups (broad SMARTS) is 1. The van der Waals surface area contributed by atoms with Gasteiger partial charge in [0.25, 0.3) is 0 Å². The Labute approximate surface area is 110 Å². The van der Waals surface area contributed by atoms with Crippen molar-refractivity contribution in [3.63, 3.8) is 0 Å². The molecule has 0 saturated carbocycles. The van der Waals surface area contributed by atoms with Gasteiger partial charge in [-0.2, -0.15) is 26.3 Å². The van der Waals surface area contributed by atoms with Crippen molar-refractivity contribution in [2.24, 2.45) is 0 Å². The van der Waals surface area contributed by atoms with Gasteiger partial charge in [0.1, 0.15) is 0 Å². The summed E-state index contributed by atoms with van der Waals surface area (Å²) in [4.78, 5) is 10.6. The molecule has 0 atom stereocenters. The molecule has 18 heavy (non-hydrogen) atoms. The van der Waals surface area contributed by atoms with E-state index in [1.54, 1.807) is 0 Å². The number of aromatic carboxylic acids is 1. The predicted octanol–water partition coefficient (Wildman–Crippen LogP) is 4.03. The summed E-state index contributed by atoms with van der Waals surface area (Å²) in [5, 5.41) is 8.57. The van der Waals surface area contributed by atoms with Crippen molar-refractivity contribution in [1.82, 2.24) is 0 Å². The largest absolute Gasteiger partial charge is 0.478 e. The molecule has 0 fully saturated rings. The number of alkyl halides is 6. The molecule has 0 spiro atoms. The standard InChI is InChI=1S/C9H3F6IO2/c10-8(11,12)5-2-3(16)1-4(7(17)18)6(5)9(13,14)15/h1-2H,(H,17,18). The molecule has 0 aliphatic rings. The fourth-order valence-corrected chi connectivity index (χ4v) is 1.93. The van der Waals surface area contributed by atoms with Crippen LogP contribution in [0.4, 0.5) is 26.3 Å². The summed E-state index contributed by atoms with van der Waals surface area (Å²) in [7, 11) is 0. The smallest absolute Gasteiger partial charge is 0.417 e. The zero-order chi connectivity index (χ0) is 14.3. The first-order valence-corrected chi connectivity index (χ1v) is 5.23. The Kier molecular flexibility index (Phi) is 3.84. The maximum absolute atomic E-state index is 12.6. The second kappa shape index (κ2) is 4.59. The molecule has 0 amide bonds. The third kappa shape index (κ3) is 3.06. The van der Waals surface area contributed by atoms with Gasteiger partial charge in [0.2, 0.25) is 0 Å². The molecule has 0 aliphatic carbocycles. The third-order valence-electron chi connectivity index (χ3n) is 1.92. The summed E-state index contributed by atoms with van der Waals surface area (Å²) >= 11 is 1.32. The van der Waals surface area contributed by atoms with E-state index in [4.69, 9.17) is 5.11 Å². The highest BCUT2D eigenvalue weighted by Gasteiger charge is 2.46. The molecule has 1 N–H and O–H groups in total. The molecule has 1 aromatic rings. The van der Waals surface area contributed by atoms with E-state index >= 15 is 0 Å². The fraction of sp³-hybridized carbons (Fsp3) is 0.222. The van der Waals surface area contributed by atoms with Gasteiger partial charge in [0, 0.05) is 3.57 Å². The summed E-state index contributed by atoms with van der Waals surface area (Å²) in [5.74, 6) is -2.06. The molecular weight excluding hydrogens is 381 g/mol. The van der Waals surface area contributed by atoms with Crippen LogP contribution in [0.3, 0.4) is 0 Å². The first kappa shape index (κ1) is 15.1. The number of hydrogen-bond acceptors (Lipinski definition) is 1. The van der Waals surface area contributed by atoms with Gasteiger partial charge in [0.15, 0.2) is 0 Å². The number of benzene rings is 1. The third-order valence-corrected chi connectivity index (χ3v) is 2.55. The van der Waals surface area contributed by atoms with Gasteiger partial charge in [-0.15, -0.1) is 0 Å². The van der Waals surface area contributed by atoms with Crippen molar-refractivity contribution >= 4 is 28.6 Å². The summed E-state index contributed by atoms with van der Waals surface area (Å²) in [5.41, 5.74) is -5.59. The molecule has 0 radical (unpaired) electrons. The number of rotatable bonds is 1. The van der Waals surface area contributed by atoms with Crippen molar-refractivity contribution in [1.29, 1.82) is 0 Å². The number of hydrogen-bond donors (Lipinski definition) is 1. The second-order valence-electron chi connectivity index (χ2n) is 3.18. The molecule has 0 heterocycles. The van der Waals surface area contributed by atoms with Gasteiger partial charge in [-0.1, -0.05) is 0 Å². The van der Waals surface area contributed by atoms with Crippen LogP contribution in [0.5, 0.6) is 0 Å². The lowest BCUT2D eigenvalue weighted by Crippen LogP contribution is -2.21. The zero-order valence-corrected chi connectivity index (χ0v) is 10.3. The van der Waals surface area contributed by atoms with Gasteiger partial charge < -0.3 is 5.11 Å². The van der Waals surface area contributed by atoms with E-state index in [2.05, 4.69) is 0 Å². The molecule has 0 unspecified atom stereocenters. The van der Waals surface area contributed by atoms with Crippen molar-refractivity contribution in [3.8, 4) is 0 Å². The quantitative estimate of drug-likeness (QED) is 0.587. The Morgan fingerprint density at radius 2 is 1.56 bits per heavy atom. The SMILES string of the molecule is O=C(O)c1cc(I)cc(C(F)(F)F)c1C(F)(F)F. The minimum atomic E-state index is -5.40. The summed E-state index contributed by atoms with van der Waals surface area (Å²) in [6, 6.07) is 0.802. The topological polar surface area (TPSA) is 37.3 Å². The van der Waals surface area contributed by atoms with Crippen LogP contribution < -0.4 is 0 Å². The van der Waals surface area contributed by atoms with Gasteiger partial charge in [-0.05, 0) is 34.7 Å². The monoisotopic (exact) mass is 384 g/mol. The Morgan fingerprint density at radius 1 is 1.06 bits per heavy atom. The normalized spacial score (nSPS) is 12.6. The molecule has 1 aromatic carbocycles. The van der Waals surface area contributed by atoms with E-state index in [-0.39, 0.29) is 9.64 Å². The van der Waals surface area contributed by atoms with Crippen molar-refractivity contribution < 1.29 is 36.2 Å². The van der Waals surface area contributed by atoms with Gasteiger partial charge in [0.05, 0.1) is 16.7 Å². The number of carbonyl (C=O) groups is 1. The molecular formula is C9H3F6IO2. The predicted molar refractivity (Wildman–Crippen MR) is 56.1 cm³/mol.